The summed E-state index contributed by atoms with van der Waals surface area (Å²) in [6.07, 6.45) is 3.13. The topological polar surface area (TPSA) is 37.8 Å². The van der Waals surface area contributed by atoms with Gasteiger partial charge in [0.1, 0.15) is 12.1 Å². The summed E-state index contributed by atoms with van der Waals surface area (Å²) in [6.45, 7) is 4.78. The van der Waals surface area contributed by atoms with Crippen LogP contribution in [0.3, 0.4) is 0 Å². The smallest absolute Gasteiger partial charge is 0.159 e. The fraction of sp³-hybridized carbons (Fsp3) is 0.333. The van der Waals surface area contributed by atoms with Crippen molar-refractivity contribution in [3.05, 3.63) is 41.7 Å². The van der Waals surface area contributed by atoms with Crippen LogP contribution in [0.4, 0.5) is 14.6 Å². The van der Waals surface area contributed by atoms with Gasteiger partial charge in [-0.05, 0) is 31.5 Å². The molecule has 0 spiro atoms. The van der Waals surface area contributed by atoms with Gasteiger partial charge in [-0.3, -0.25) is 0 Å². The fourth-order valence-corrected chi connectivity index (χ4v) is 2.11. The molecule has 1 N–H and O–H groups in total. The molecule has 0 radical (unpaired) electrons. The predicted molar refractivity (Wildman–Crippen MR) is 75.5 cm³/mol. The number of hydrogen-bond donors (Lipinski definition) is 1. The van der Waals surface area contributed by atoms with E-state index in [2.05, 4.69) is 22.2 Å². The number of benzene rings is 1. The van der Waals surface area contributed by atoms with Crippen LogP contribution in [-0.2, 0) is 6.42 Å². The molecular formula is C15H17F2N3. The molecule has 3 nitrogen and oxygen atoms in total. The predicted octanol–water partition coefficient (Wildman–Crippen LogP) is 3.81. The Labute approximate surface area is 117 Å². The molecule has 5 heteroatoms. The lowest BCUT2D eigenvalue weighted by Gasteiger charge is -2.13. The Kier molecular flexibility index (Phi) is 4.61. The van der Waals surface area contributed by atoms with Gasteiger partial charge in [-0.25, -0.2) is 18.7 Å². The maximum absolute atomic E-state index is 13.4. The Bertz CT molecular complexity index is 600. The van der Waals surface area contributed by atoms with E-state index < -0.39 is 11.6 Å². The van der Waals surface area contributed by atoms with E-state index in [-0.39, 0.29) is 0 Å². The average Bonchev–Trinajstić information content (AvgIpc) is 2.44. The number of nitrogens with zero attached hydrogens (tertiary/aromatic N) is 2. The maximum atomic E-state index is 13.4. The molecular weight excluding hydrogens is 260 g/mol. The lowest BCUT2D eigenvalue weighted by atomic mass is 10.0. The van der Waals surface area contributed by atoms with Gasteiger partial charge in [-0.1, -0.05) is 13.3 Å². The highest BCUT2D eigenvalue weighted by molar-refractivity contribution is 5.68. The van der Waals surface area contributed by atoms with Gasteiger partial charge in [0, 0.05) is 17.7 Å². The van der Waals surface area contributed by atoms with E-state index in [1.54, 1.807) is 0 Å². The summed E-state index contributed by atoms with van der Waals surface area (Å²) in [4.78, 5) is 8.46. The highest BCUT2D eigenvalue weighted by Gasteiger charge is 2.13. The van der Waals surface area contributed by atoms with Gasteiger partial charge in [0.2, 0.25) is 0 Å². The number of aromatic nitrogens is 2. The van der Waals surface area contributed by atoms with Gasteiger partial charge in [0.05, 0.1) is 5.69 Å². The second-order valence-electron chi connectivity index (χ2n) is 4.46. The Morgan fingerprint density at radius 1 is 1.10 bits per heavy atom. The monoisotopic (exact) mass is 277 g/mol. The summed E-state index contributed by atoms with van der Waals surface area (Å²) < 4.78 is 26.4. The van der Waals surface area contributed by atoms with Crippen LogP contribution in [0.25, 0.3) is 11.3 Å². The number of rotatable bonds is 5. The average molecular weight is 277 g/mol. The second-order valence-corrected chi connectivity index (χ2v) is 4.46. The number of hydrogen-bond acceptors (Lipinski definition) is 3. The van der Waals surface area contributed by atoms with Gasteiger partial charge in [-0.15, -0.1) is 0 Å². The molecule has 0 atom stereocenters. The molecule has 1 heterocycles. The van der Waals surface area contributed by atoms with E-state index in [1.807, 2.05) is 6.92 Å². The van der Waals surface area contributed by atoms with E-state index in [0.29, 0.717) is 11.3 Å². The molecule has 0 amide bonds. The van der Waals surface area contributed by atoms with Gasteiger partial charge in [-0.2, -0.15) is 0 Å². The third-order valence-corrected chi connectivity index (χ3v) is 2.98. The lowest BCUT2D eigenvalue weighted by molar-refractivity contribution is 0.509. The molecule has 0 aliphatic heterocycles. The van der Waals surface area contributed by atoms with Crippen molar-refractivity contribution >= 4 is 5.82 Å². The van der Waals surface area contributed by atoms with Crippen LogP contribution in [0.15, 0.2) is 24.5 Å². The minimum Gasteiger partial charge on any atom is -0.370 e. The van der Waals surface area contributed by atoms with Gasteiger partial charge < -0.3 is 5.32 Å². The molecule has 1 aromatic heterocycles. The first kappa shape index (κ1) is 14.4. The number of halogens is 2. The summed E-state index contributed by atoms with van der Waals surface area (Å²) in [6, 6.07) is 3.83. The highest BCUT2D eigenvalue weighted by atomic mass is 19.2. The minimum absolute atomic E-state index is 0.564. The lowest BCUT2D eigenvalue weighted by Crippen LogP contribution is -2.06. The summed E-state index contributed by atoms with van der Waals surface area (Å²) in [5, 5.41) is 3.18. The minimum atomic E-state index is -0.867. The van der Waals surface area contributed by atoms with Crippen molar-refractivity contribution in [3.8, 4) is 11.3 Å². The zero-order valence-corrected chi connectivity index (χ0v) is 11.6. The summed E-state index contributed by atoms with van der Waals surface area (Å²) >= 11 is 0. The molecule has 2 aromatic rings. The Balaban J connectivity index is 2.53. The molecule has 0 fully saturated rings. The van der Waals surface area contributed by atoms with Gasteiger partial charge in [0.25, 0.3) is 0 Å². The first-order chi connectivity index (χ1) is 9.67. The van der Waals surface area contributed by atoms with Crippen molar-refractivity contribution in [2.45, 2.75) is 26.7 Å². The molecule has 0 aliphatic carbocycles. The van der Waals surface area contributed by atoms with Gasteiger partial charge in [0.15, 0.2) is 11.6 Å². The van der Waals surface area contributed by atoms with Crippen LogP contribution < -0.4 is 5.32 Å². The van der Waals surface area contributed by atoms with Crippen LogP contribution in [-0.4, -0.2) is 16.5 Å². The first-order valence-electron chi connectivity index (χ1n) is 6.70. The number of anilines is 1. The van der Waals surface area contributed by atoms with Gasteiger partial charge >= 0.3 is 0 Å². The van der Waals surface area contributed by atoms with Crippen LogP contribution in [0.1, 0.15) is 25.8 Å². The fourth-order valence-electron chi connectivity index (χ4n) is 2.11. The molecule has 1 aromatic carbocycles. The summed E-state index contributed by atoms with van der Waals surface area (Å²) in [5.41, 5.74) is 2.15. The van der Waals surface area contributed by atoms with Crippen LogP contribution in [0.2, 0.25) is 0 Å². The van der Waals surface area contributed by atoms with Crippen molar-refractivity contribution in [2.75, 3.05) is 11.9 Å². The Morgan fingerprint density at radius 2 is 1.90 bits per heavy atom. The molecule has 0 unspecified atom stereocenters. The molecule has 0 aliphatic rings. The van der Waals surface area contributed by atoms with Crippen molar-refractivity contribution in [1.82, 2.24) is 9.97 Å². The second kappa shape index (κ2) is 6.41. The van der Waals surface area contributed by atoms with Crippen molar-refractivity contribution in [3.63, 3.8) is 0 Å². The van der Waals surface area contributed by atoms with Crippen molar-refractivity contribution in [1.29, 1.82) is 0 Å². The maximum Gasteiger partial charge on any atom is 0.159 e. The summed E-state index contributed by atoms with van der Waals surface area (Å²) in [5.74, 6) is -0.968. The van der Waals surface area contributed by atoms with Crippen LogP contribution >= 0.6 is 0 Å². The van der Waals surface area contributed by atoms with Crippen LogP contribution in [0.5, 0.6) is 0 Å². The van der Waals surface area contributed by atoms with E-state index in [4.69, 9.17) is 0 Å². The number of nitrogens with one attached hydrogen (secondary N) is 1. The highest BCUT2D eigenvalue weighted by Crippen LogP contribution is 2.27. The molecule has 20 heavy (non-hydrogen) atoms. The quantitative estimate of drug-likeness (QED) is 0.903. The van der Waals surface area contributed by atoms with Crippen molar-refractivity contribution < 1.29 is 8.78 Å². The molecule has 0 saturated heterocycles. The molecule has 0 bridgehead atoms. The van der Waals surface area contributed by atoms with E-state index in [9.17, 15) is 8.78 Å². The zero-order chi connectivity index (χ0) is 14.5. The zero-order valence-electron chi connectivity index (χ0n) is 11.6. The summed E-state index contributed by atoms with van der Waals surface area (Å²) in [7, 11) is 0. The largest absolute Gasteiger partial charge is 0.370 e. The molecule has 0 saturated carbocycles. The van der Waals surface area contributed by atoms with E-state index in [0.717, 1.165) is 36.8 Å². The third-order valence-electron chi connectivity index (χ3n) is 2.98. The molecule has 2 rings (SSSR count). The Hall–Kier alpha value is -2.04. The van der Waals surface area contributed by atoms with Crippen molar-refractivity contribution in [2.24, 2.45) is 0 Å². The van der Waals surface area contributed by atoms with Crippen LogP contribution in [0, 0.1) is 11.6 Å². The van der Waals surface area contributed by atoms with E-state index in [1.165, 1.54) is 18.5 Å². The normalized spacial score (nSPS) is 10.6. The SMILES string of the molecule is CCCc1c(NCC)ncnc1-c1ccc(F)c(F)c1. The standard InChI is InChI=1S/C15H17F2N3/c1-3-5-11-14(19-9-20-15(11)18-4-2)10-6-7-12(16)13(17)8-10/h6-9H,3-5H2,1-2H3,(H,18,19,20). The Morgan fingerprint density at radius 3 is 2.55 bits per heavy atom. The van der Waals surface area contributed by atoms with E-state index >= 15 is 0 Å². The first-order valence-corrected chi connectivity index (χ1v) is 6.70. The molecule has 106 valence electrons. The third kappa shape index (κ3) is 2.92.